The van der Waals surface area contributed by atoms with Gasteiger partial charge in [-0.3, -0.25) is 4.79 Å². The fourth-order valence-corrected chi connectivity index (χ4v) is 6.91. The molecule has 1 aliphatic rings. The minimum absolute atomic E-state index is 0.00593. The monoisotopic (exact) mass is 691 g/mol. The van der Waals surface area contributed by atoms with Gasteiger partial charge in [-0.1, -0.05) is 74.0 Å². The number of aliphatic hydroxyl groups is 2. The molecule has 270 valence electrons. The van der Waals surface area contributed by atoms with Gasteiger partial charge in [0.05, 0.1) is 13.2 Å². The first-order valence-electron chi connectivity index (χ1n) is 18.4. The first kappa shape index (κ1) is 37.7. The number of aliphatic hydroxyl groups excluding tert-OH is 2. The van der Waals surface area contributed by atoms with Gasteiger partial charge in [-0.2, -0.15) is 0 Å². The Morgan fingerprint density at radius 3 is 2.41 bits per heavy atom. The first-order valence-corrected chi connectivity index (χ1v) is 18.4. The number of benzene rings is 4. The third kappa shape index (κ3) is 11.5. The van der Waals surface area contributed by atoms with E-state index < -0.39 is 6.10 Å². The number of fused-ring (bicyclic) bond motifs is 1. The molecular weight excluding hydrogens is 638 g/mol. The number of aromatic hydroxyl groups is 1. The van der Waals surface area contributed by atoms with E-state index in [1.54, 1.807) is 19.2 Å². The molecule has 0 bridgehead atoms. The van der Waals surface area contributed by atoms with Crippen molar-refractivity contribution in [3.63, 3.8) is 0 Å². The second kappa shape index (κ2) is 19.1. The van der Waals surface area contributed by atoms with Gasteiger partial charge in [0.25, 0.3) is 0 Å². The fourth-order valence-electron chi connectivity index (χ4n) is 6.91. The molecule has 0 fully saturated rings. The number of nitrogens with one attached hydrogen (secondary N) is 1. The van der Waals surface area contributed by atoms with Crippen molar-refractivity contribution >= 4 is 16.6 Å². The summed E-state index contributed by atoms with van der Waals surface area (Å²) in [5.41, 5.74) is 4.19. The molecule has 4 N–H and O–H groups in total. The molecule has 3 atom stereocenters. The lowest BCUT2D eigenvalue weighted by Gasteiger charge is -2.29. The highest BCUT2D eigenvalue weighted by Gasteiger charge is 2.27. The standard InChI is InChI=1S/C44H53NO6/c1-3-21-45-29-38-24-34(12-8-7-11-31-9-5-4-6-10-31)37(27-42(38)49)26-41(48)28-40(47)18-14-32-15-20-43(50-2)44(23-32)51-30-33-13-16-36-25-39(46)19-17-35(36)22-33/h4-6,9-10,13,15-17,19-20,22-25,27,34,37,41,45-46,48-49H,3,7-8,11-12,14,18,21,26,28-30H2,1-2H3. The summed E-state index contributed by atoms with van der Waals surface area (Å²) in [6, 6.07) is 27.5. The summed E-state index contributed by atoms with van der Waals surface area (Å²) in [5, 5.41) is 37.1. The number of allylic oxidation sites excluding steroid dienone is 2. The van der Waals surface area contributed by atoms with Gasteiger partial charge in [-0.05, 0) is 121 Å². The molecule has 1 aliphatic carbocycles. The molecule has 7 nitrogen and oxygen atoms in total. The maximum atomic E-state index is 13.1. The number of carbonyl (C=O) groups is 1. The minimum atomic E-state index is -0.785. The molecule has 7 heteroatoms. The van der Waals surface area contributed by atoms with Gasteiger partial charge in [0.1, 0.15) is 23.9 Å². The van der Waals surface area contributed by atoms with Crippen LogP contribution in [-0.4, -0.2) is 47.4 Å². The van der Waals surface area contributed by atoms with Crippen LogP contribution in [0.1, 0.15) is 68.6 Å². The quantitative estimate of drug-likeness (QED) is 0.0686. The van der Waals surface area contributed by atoms with E-state index in [1.165, 1.54) is 5.56 Å². The fraction of sp³-hybridized carbons (Fsp3) is 0.386. The summed E-state index contributed by atoms with van der Waals surface area (Å²) < 4.78 is 11.7. The van der Waals surface area contributed by atoms with Gasteiger partial charge < -0.3 is 30.1 Å². The Hall–Kier alpha value is -4.59. The number of methoxy groups -OCH3 is 1. The van der Waals surface area contributed by atoms with Crippen molar-refractivity contribution in [3.8, 4) is 17.2 Å². The summed E-state index contributed by atoms with van der Waals surface area (Å²) in [4.78, 5) is 13.1. The lowest BCUT2D eigenvalue weighted by molar-refractivity contribution is -0.121. The molecule has 0 saturated carbocycles. The van der Waals surface area contributed by atoms with Crippen LogP contribution in [0.15, 0.2) is 108 Å². The van der Waals surface area contributed by atoms with Gasteiger partial charge in [0.2, 0.25) is 0 Å². The molecule has 0 radical (unpaired) electrons. The number of hydrogen-bond donors (Lipinski definition) is 4. The Labute approximate surface area is 302 Å². The van der Waals surface area contributed by atoms with Crippen LogP contribution in [0.25, 0.3) is 10.8 Å². The van der Waals surface area contributed by atoms with Crippen LogP contribution in [0, 0.1) is 11.8 Å². The van der Waals surface area contributed by atoms with Crippen molar-refractivity contribution in [1.29, 1.82) is 0 Å². The number of rotatable bonds is 20. The second-order valence-corrected chi connectivity index (χ2v) is 13.8. The zero-order valence-electron chi connectivity index (χ0n) is 30.0. The van der Waals surface area contributed by atoms with Crippen molar-refractivity contribution in [3.05, 3.63) is 125 Å². The van der Waals surface area contributed by atoms with Crippen LogP contribution in [0.2, 0.25) is 0 Å². The maximum absolute atomic E-state index is 13.1. The van der Waals surface area contributed by atoms with E-state index in [4.69, 9.17) is 9.47 Å². The number of ether oxygens (including phenoxy) is 2. The molecule has 0 saturated heterocycles. The average Bonchev–Trinajstić information content (AvgIpc) is 3.13. The lowest BCUT2D eigenvalue weighted by Crippen LogP contribution is -2.26. The van der Waals surface area contributed by atoms with Crippen molar-refractivity contribution in [1.82, 2.24) is 5.32 Å². The Kier molecular flexibility index (Phi) is 14.1. The Morgan fingerprint density at radius 2 is 1.61 bits per heavy atom. The third-order valence-corrected chi connectivity index (χ3v) is 9.71. The number of ketones is 1. The predicted octanol–water partition coefficient (Wildman–Crippen LogP) is 8.80. The number of unbranched alkanes of at least 4 members (excludes halogenated alkanes) is 1. The SMILES string of the molecule is CCCNCC1=CC(CCCCc2ccccc2)C(CC(O)CC(=O)CCc2ccc(OC)c(OCc3ccc4cc(O)ccc4c3)c2)C=C1O. The topological polar surface area (TPSA) is 108 Å². The van der Waals surface area contributed by atoms with Crippen LogP contribution in [0.3, 0.4) is 0 Å². The van der Waals surface area contributed by atoms with E-state index in [1.807, 2.05) is 54.6 Å². The molecule has 0 aromatic heterocycles. The summed E-state index contributed by atoms with van der Waals surface area (Å²) >= 11 is 0. The average molecular weight is 692 g/mol. The van der Waals surface area contributed by atoms with Crippen molar-refractivity contribution in [2.45, 2.75) is 77.4 Å². The highest BCUT2D eigenvalue weighted by molar-refractivity contribution is 5.84. The predicted molar refractivity (Wildman–Crippen MR) is 204 cm³/mol. The van der Waals surface area contributed by atoms with E-state index in [2.05, 4.69) is 42.6 Å². The summed E-state index contributed by atoms with van der Waals surface area (Å²) in [5.74, 6) is 1.90. The van der Waals surface area contributed by atoms with Crippen molar-refractivity contribution < 1.29 is 29.6 Å². The third-order valence-electron chi connectivity index (χ3n) is 9.71. The molecule has 0 amide bonds. The molecule has 5 rings (SSSR count). The molecule has 51 heavy (non-hydrogen) atoms. The van der Waals surface area contributed by atoms with Gasteiger partial charge in [-0.25, -0.2) is 0 Å². The zero-order chi connectivity index (χ0) is 36.0. The molecule has 4 aromatic carbocycles. The molecule has 3 unspecified atom stereocenters. The number of Topliss-reactive ketones (excluding diaryl/α,β-unsaturated/α-hetero) is 1. The number of phenolic OH excluding ortho intramolecular Hbond substituents is 1. The van der Waals surface area contributed by atoms with Crippen LogP contribution in [0.4, 0.5) is 0 Å². The van der Waals surface area contributed by atoms with E-state index in [0.717, 1.165) is 66.1 Å². The Morgan fingerprint density at radius 1 is 0.824 bits per heavy atom. The number of phenols is 1. The largest absolute Gasteiger partial charge is 0.508 e. The minimum Gasteiger partial charge on any atom is -0.508 e. The van der Waals surface area contributed by atoms with E-state index >= 15 is 0 Å². The highest BCUT2D eigenvalue weighted by atomic mass is 16.5. The van der Waals surface area contributed by atoms with E-state index in [-0.39, 0.29) is 35.5 Å². The first-order chi connectivity index (χ1) is 24.8. The molecule has 0 heterocycles. The lowest BCUT2D eigenvalue weighted by atomic mass is 9.78. The molecular formula is C44H53NO6. The van der Waals surface area contributed by atoms with E-state index in [0.29, 0.717) is 43.9 Å². The smallest absolute Gasteiger partial charge is 0.161 e. The number of carbonyl (C=O) groups excluding carboxylic acids is 1. The van der Waals surface area contributed by atoms with Crippen LogP contribution < -0.4 is 14.8 Å². The van der Waals surface area contributed by atoms with Crippen LogP contribution in [-0.2, 0) is 24.2 Å². The molecule has 0 spiro atoms. The summed E-state index contributed by atoms with van der Waals surface area (Å²) in [7, 11) is 1.60. The summed E-state index contributed by atoms with van der Waals surface area (Å²) in [6.07, 6.45) is 9.80. The van der Waals surface area contributed by atoms with Crippen LogP contribution in [0.5, 0.6) is 17.2 Å². The Balaban J connectivity index is 1.13. The van der Waals surface area contributed by atoms with Gasteiger partial charge >= 0.3 is 0 Å². The zero-order valence-corrected chi connectivity index (χ0v) is 30.0. The number of aryl methyl sites for hydroxylation is 2. The van der Waals surface area contributed by atoms with Gasteiger partial charge in [-0.15, -0.1) is 0 Å². The molecule has 0 aliphatic heterocycles. The highest BCUT2D eigenvalue weighted by Crippen LogP contribution is 2.34. The van der Waals surface area contributed by atoms with Crippen molar-refractivity contribution in [2.24, 2.45) is 11.8 Å². The van der Waals surface area contributed by atoms with E-state index in [9.17, 15) is 20.1 Å². The summed E-state index contributed by atoms with van der Waals surface area (Å²) in [6.45, 7) is 3.98. The Bertz CT molecular complexity index is 1780. The number of hydrogen-bond acceptors (Lipinski definition) is 7. The van der Waals surface area contributed by atoms with Gasteiger partial charge in [0, 0.05) is 25.0 Å². The van der Waals surface area contributed by atoms with Crippen molar-refractivity contribution in [2.75, 3.05) is 20.2 Å². The van der Waals surface area contributed by atoms with Gasteiger partial charge in [0.15, 0.2) is 11.5 Å². The second-order valence-electron chi connectivity index (χ2n) is 13.8. The normalized spacial score (nSPS) is 16.4. The van der Waals surface area contributed by atoms with Crippen LogP contribution >= 0.6 is 0 Å². The maximum Gasteiger partial charge on any atom is 0.161 e. The molecule has 4 aromatic rings.